The zero-order chi connectivity index (χ0) is 15.4. The topological polar surface area (TPSA) is 33.8 Å². The number of aromatic nitrogens is 2. The Balaban J connectivity index is 0.00000192. The fourth-order valence-corrected chi connectivity index (χ4v) is 2.28. The molecule has 0 saturated heterocycles. The second-order valence-corrected chi connectivity index (χ2v) is 5.35. The van der Waals surface area contributed by atoms with Gasteiger partial charge in [0.15, 0.2) is 12.2 Å². The van der Waals surface area contributed by atoms with E-state index in [0.29, 0.717) is 10.6 Å². The van der Waals surface area contributed by atoms with E-state index in [9.17, 15) is 4.79 Å². The van der Waals surface area contributed by atoms with Gasteiger partial charge in [0.2, 0.25) is 5.78 Å². The van der Waals surface area contributed by atoms with Crippen LogP contribution in [0.15, 0.2) is 73.2 Å². The third-order valence-corrected chi connectivity index (χ3v) is 3.58. The summed E-state index contributed by atoms with van der Waals surface area (Å²) in [6, 6.07) is 18.7. The maximum atomic E-state index is 12.2. The van der Waals surface area contributed by atoms with E-state index in [4.69, 9.17) is 11.6 Å². The second-order valence-electron chi connectivity index (χ2n) is 4.91. The molecule has 0 aliphatic heterocycles. The number of carbonyl (C=O) groups is 1. The fourth-order valence-electron chi connectivity index (χ4n) is 2.15. The van der Waals surface area contributed by atoms with E-state index in [1.807, 2.05) is 42.6 Å². The predicted octanol–water partition coefficient (Wildman–Crippen LogP) is 0.576. The van der Waals surface area contributed by atoms with Gasteiger partial charge in [-0.3, -0.25) is 4.79 Å². The summed E-state index contributed by atoms with van der Waals surface area (Å²) in [5, 5.41) is 0.623. The maximum absolute atomic E-state index is 12.2. The normalized spacial score (nSPS) is 9.96. The number of halogens is 2. The summed E-state index contributed by atoms with van der Waals surface area (Å²) in [5.41, 5.74) is 2.58. The van der Waals surface area contributed by atoms with E-state index in [0.717, 1.165) is 11.3 Å². The van der Waals surface area contributed by atoms with Gasteiger partial charge in [0.1, 0.15) is 0 Å². The summed E-state index contributed by atoms with van der Waals surface area (Å²) in [5.74, 6) is 0.0240. The Morgan fingerprint density at radius 3 is 2.30 bits per heavy atom. The maximum Gasteiger partial charge on any atom is 0.287 e. The van der Waals surface area contributed by atoms with Gasteiger partial charge >= 0.3 is 0 Å². The molecule has 0 unspecified atom stereocenters. The van der Waals surface area contributed by atoms with Crippen LogP contribution >= 0.6 is 11.6 Å². The Labute approximate surface area is 150 Å². The SMILES string of the molecule is O=C(C[n+]1ccc(-c2ccccc2)nc1)c1ccc(Cl)cc1.[Br-]. The molecule has 0 fully saturated rings. The van der Waals surface area contributed by atoms with Gasteiger partial charge in [0.25, 0.3) is 6.33 Å². The largest absolute Gasteiger partial charge is 1.00 e. The molecule has 0 bridgehead atoms. The molecule has 0 aliphatic carbocycles. The number of carbonyl (C=O) groups excluding carboxylic acids is 1. The van der Waals surface area contributed by atoms with Crippen LogP contribution < -0.4 is 21.5 Å². The molecule has 116 valence electrons. The van der Waals surface area contributed by atoms with Crippen LogP contribution in [0.4, 0.5) is 0 Å². The first kappa shape index (κ1) is 17.3. The standard InChI is InChI=1S/C18H14ClN2O.BrH/c19-16-8-6-15(7-9-16)18(22)12-21-11-10-17(20-13-21)14-4-2-1-3-5-14;/h1-11,13H,12H2;1H/q+1;/p-1. The van der Waals surface area contributed by atoms with Crippen LogP contribution in [0.2, 0.25) is 5.02 Å². The lowest BCUT2D eigenvalue weighted by molar-refractivity contribution is -0.686. The number of benzene rings is 2. The van der Waals surface area contributed by atoms with Gasteiger partial charge in [-0.2, -0.15) is 0 Å². The number of hydrogen-bond donors (Lipinski definition) is 0. The first-order valence-electron chi connectivity index (χ1n) is 6.92. The number of rotatable bonds is 4. The summed E-state index contributed by atoms with van der Waals surface area (Å²) >= 11 is 5.83. The monoisotopic (exact) mass is 388 g/mol. The molecule has 0 spiro atoms. The van der Waals surface area contributed by atoms with Crippen molar-refractivity contribution in [3.05, 3.63) is 83.8 Å². The van der Waals surface area contributed by atoms with Crippen molar-refractivity contribution in [2.24, 2.45) is 0 Å². The molecule has 3 aromatic rings. The van der Waals surface area contributed by atoms with E-state index in [2.05, 4.69) is 4.98 Å². The van der Waals surface area contributed by atoms with Crippen LogP contribution in [-0.2, 0) is 6.54 Å². The van der Waals surface area contributed by atoms with E-state index >= 15 is 0 Å². The predicted molar refractivity (Wildman–Crippen MR) is 85.7 cm³/mol. The second kappa shape index (κ2) is 7.99. The zero-order valence-electron chi connectivity index (χ0n) is 12.2. The van der Waals surface area contributed by atoms with Crippen LogP contribution in [-0.4, -0.2) is 10.8 Å². The summed E-state index contributed by atoms with van der Waals surface area (Å²) in [7, 11) is 0. The molecule has 0 aliphatic rings. The van der Waals surface area contributed by atoms with Crippen molar-refractivity contribution in [3.63, 3.8) is 0 Å². The summed E-state index contributed by atoms with van der Waals surface area (Å²) in [6.45, 7) is 0.254. The lowest BCUT2D eigenvalue weighted by atomic mass is 10.1. The quantitative estimate of drug-likeness (QED) is 0.483. The van der Waals surface area contributed by atoms with E-state index in [1.165, 1.54) is 0 Å². The highest BCUT2D eigenvalue weighted by molar-refractivity contribution is 6.30. The average molecular weight is 390 g/mol. The first-order valence-corrected chi connectivity index (χ1v) is 7.29. The Morgan fingerprint density at radius 1 is 1.00 bits per heavy atom. The molecule has 1 heterocycles. The molecule has 3 rings (SSSR count). The Bertz CT molecular complexity index is 774. The van der Waals surface area contributed by atoms with Crippen molar-refractivity contribution in [2.75, 3.05) is 0 Å². The summed E-state index contributed by atoms with van der Waals surface area (Å²) < 4.78 is 1.77. The first-order chi connectivity index (χ1) is 10.7. The van der Waals surface area contributed by atoms with Gasteiger partial charge in [-0.05, 0) is 29.2 Å². The fraction of sp³-hybridized carbons (Fsp3) is 0.0556. The van der Waals surface area contributed by atoms with Crippen LogP contribution in [0.25, 0.3) is 11.3 Å². The minimum atomic E-state index is 0. The summed E-state index contributed by atoms with van der Waals surface area (Å²) in [4.78, 5) is 16.6. The van der Waals surface area contributed by atoms with E-state index < -0.39 is 0 Å². The van der Waals surface area contributed by atoms with Gasteiger partial charge in [-0.15, -0.1) is 0 Å². The van der Waals surface area contributed by atoms with Gasteiger partial charge in [-0.1, -0.05) is 41.9 Å². The van der Waals surface area contributed by atoms with Crippen molar-refractivity contribution in [1.29, 1.82) is 0 Å². The molecule has 1 aromatic heterocycles. The number of ketones is 1. The molecular weight excluding hydrogens is 376 g/mol. The smallest absolute Gasteiger partial charge is 0.287 e. The minimum Gasteiger partial charge on any atom is -1.00 e. The molecule has 0 radical (unpaired) electrons. The molecular formula is C18H14BrClN2O. The van der Waals surface area contributed by atoms with Gasteiger partial charge < -0.3 is 17.0 Å². The average Bonchev–Trinajstić information content (AvgIpc) is 2.57. The molecule has 0 amide bonds. The zero-order valence-corrected chi connectivity index (χ0v) is 14.5. The Morgan fingerprint density at radius 2 is 1.70 bits per heavy atom. The van der Waals surface area contributed by atoms with Crippen molar-refractivity contribution < 1.29 is 26.3 Å². The lowest BCUT2D eigenvalue weighted by Crippen LogP contribution is -3.00. The van der Waals surface area contributed by atoms with Crippen molar-refractivity contribution in [2.45, 2.75) is 6.54 Å². The molecule has 5 heteroatoms. The van der Waals surface area contributed by atoms with Crippen molar-refractivity contribution in [1.82, 2.24) is 4.98 Å². The molecule has 23 heavy (non-hydrogen) atoms. The highest BCUT2D eigenvalue weighted by Crippen LogP contribution is 2.14. The third-order valence-electron chi connectivity index (χ3n) is 3.33. The molecule has 2 aromatic carbocycles. The molecule has 0 atom stereocenters. The van der Waals surface area contributed by atoms with E-state index in [1.54, 1.807) is 35.2 Å². The van der Waals surface area contributed by atoms with Crippen LogP contribution in [0, 0.1) is 0 Å². The Kier molecular flexibility index (Phi) is 6.02. The van der Waals surface area contributed by atoms with Crippen LogP contribution in [0.5, 0.6) is 0 Å². The molecule has 3 nitrogen and oxygen atoms in total. The van der Waals surface area contributed by atoms with Crippen LogP contribution in [0.1, 0.15) is 10.4 Å². The van der Waals surface area contributed by atoms with Crippen molar-refractivity contribution >= 4 is 17.4 Å². The highest BCUT2D eigenvalue weighted by atomic mass is 79.9. The number of Topliss-reactive ketones (excluding diaryl/α,β-unsaturated/α-hetero) is 1. The number of hydrogen-bond acceptors (Lipinski definition) is 2. The Hall–Kier alpha value is -2.04. The highest BCUT2D eigenvalue weighted by Gasteiger charge is 2.11. The van der Waals surface area contributed by atoms with Gasteiger partial charge in [0.05, 0.1) is 6.20 Å². The van der Waals surface area contributed by atoms with Gasteiger partial charge in [0, 0.05) is 22.2 Å². The molecule has 0 N–H and O–H groups in total. The van der Waals surface area contributed by atoms with Crippen molar-refractivity contribution in [3.8, 4) is 11.3 Å². The third kappa shape index (κ3) is 4.47. The van der Waals surface area contributed by atoms with Crippen LogP contribution in [0.3, 0.4) is 0 Å². The summed E-state index contributed by atoms with van der Waals surface area (Å²) in [6.07, 6.45) is 3.54. The van der Waals surface area contributed by atoms with Gasteiger partial charge in [-0.25, -0.2) is 4.57 Å². The van der Waals surface area contributed by atoms with E-state index in [-0.39, 0.29) is 29.3 Å². The number of nitrogens with zero attached hydrogens (tertiary/aromatic N) is 2. The minimum absolute atomic E-state index is 0. The lowest BCUT2D eigenvalue weighted by Gasteiger charge is -2.01. The molecule has 0 saturated carbocycles.